The van der Waals surface area contributed by atoms with Crippen molar-refractivity contribution in [2.24, 2.45) is 0 Å². The van der Waals surface area contributed by atoms with Gasteiger partial charge in [0.25, 0.3) is 5.91 Å². The van der Waals surface area contributed by atoms with E-state index >= 15 is 0 Å². The highest BCUT2D eigenvalue weighted by atomic mass is 35.5. The van der Waals surface area contributed by atoms with Crippen molar-refractivity contribution in [1.29, 1.82) is 0 Å². The van der Waals surface area contributed by atoms with Gasteiger partial charge in [0.05, 0.1) is 16.8 Å². The van der Waals surface area contributed by atoms with E-state index in [-0.39, 0.29) is 29.8 Å². The van der Waals surface area contributed by atoms with Crippen molar-refractivity contribution in [2.75, 3.05) is 24.0 Å². The molecule has 3 heterocycles. The Morgan fingerprint density at radius 1 is 1.12 bits per heavy atom. The molecule has 1 aromatic heterocycles. The predicted molar refractivity (Wildman–Crippen MR) is 124 cm³/mol. The first-order chi connectivity index (χ1) is 16.0. The molecule has 0 radical (unpaired) electrons. The molecule has 0 saturated carbocycles. The van der Waals surface area contributed by atoms with Gasteiger partial charge in [0.1, 0.15) is 5.01 Å². The average Bonchev–Trinajstić information content (AvgIpc) is 3.55. The number of nitrogens with one attached hydrogen (secondary N) is 2. The summed E-state index contributed by atoms with van der Waals surface area (Å²) < 4.78 is 10.6. The molecule has 0 bridgehead atoms. The number of amides is 3. The van der Waals surface area contributed by atoms with Crippen molar-refractivity contribution >= 4 is 46.3 Å². The molecule has 1 atom stereocenters. The number of halogens is 1. The highest BCUT2D eigenvalue weighted by Crippen LogP contribution is 2.36. The molecule has 2 aromatic carbocycles. The number of ether oxygens (including phenoxy) is 2. The molecule has 3 aromatic rings. The molecule has 1 fully saturated rings. The van der Waals surface area contributed by atoms with Crippen LogP contribution in [0.25, 0.3) is 0 Å². The largest absolute Gasteiger partial charge is 0.454 e. The molecule has 2 aliphatic rings. The van der Waals surface area contributed by atoms with Gasteiger partial charge in [0, 0.05) is 18.3 Å². The fraction of sp³-hybridized carbons (Fsp3) is 0.273. The summed E-state index contributed by atoms with van der Waals surface area (Å²) in [5.74, 6) is 0.836. The molecule has 9 nitrogen and oxygen atoms in total. The normalized spacial score (nSPS) is 16.7. The predicted octanol–water partition coefficient (Wildman–Crippen LogP) is 4.85. The Balaban J connectivity index is 1.27. The SMILES string of the molecule is Cc1ccc(NC(=O)N2CCCC2c2nnc(C(=O)Nc3ccc4c(c3)OCO4)s2)c(Cl)c1. The summed E-state index contributed by atoms with van der Waals surface area (Å²) in [4.78, 5) is 27.3. The van der Waals surface area contributed by atoms with Crippen LogP contribution < -0.4 is 20.1 Å². The van der Waals surface area contributed by atoms with Crippen molar-refractivity contribution in [2.45, 2.75) is 25.8 Å². The lowest BCUT2D eigenvalue weighted by atomic mass is 10.2. The molecular weight excluding hydrogens is 466 g/mol. The van der Waals surface area contributed by atoms with Crippen LogP contribution in [-0.4, -0.2) is 40.4 Å². The second-order valence-electron chi connectivity index (χ2n) is 7.73. The first kappa shape index (κ1) is 21.5. The van der Waals surface area contributed by atoms with E-state index < -0.39 is 0 Å². The number of rotatable bonds is 4. The molecule has 11 heteroatoms. The molecule has 2 N–H and O–H groups in total. The molecular formula is C22H20ClN5O4S. The molecule has 5 rings (SSSR count). The van der Waals surface area contributed by atoms with E-state index in [4.69, 9.17) is 21.1 Å². The highest BCUT2D eigenvalue weighted by molar-refractivity contribution is 7.13. The second kappa shape index (κ2) is 8.87. The summed E-state index contributed by atoms with van der Waals surface area (Å²) in [5, 5.41) is 15.2. The van der Waals surface area contributed by atoms with Gasteiger partial charge in [0.2, 0.25) is 11.8 Å². The van der Waals surface area contributed by atoms with Crippen LogP contribution in [0.3, 0.4) is 0 Å². The van der Waals surface area contributed by atoms with Crippen LogP contribution in [0.2, 0.25) is 5.02 Å². The Morgan fingerprint density at radius 2 is 1.97 bits per heavy atom. The lowest BCUT2D eigenvalue weighted by molar-refractivity contribution is 0.102. The molecule has 1 saturated heterocycles. The topological polar surface area (TPSA) is 106 Å². The summed E-state index contributed by atoms with van der Waals surface area (Å²) in [6.07, 6.45) is 1.57. The number of aryl methyl sites for hydroxylation is 1. The van der Waals surface area contributed by atoms with Gasteiger partial charge < -0.3 is 25.0 Å². The van der Waals surface area contributed by atoms with Gasteiger partial charge in [-0.05, 0) is 49.6 Å². The van der Waals surface area contributed by atoms with E-state index in [1.807, 2.05) is 13.0 Å². The molecule has 0 aliphatic carbocycles. The average molecular weight is 486 g/mol. The lowest BCUT2D eigenvalue weighted by Gasteiger charge is -2.23. The van der Waals surface area contributed by atoms with Crippen LogP contribution in [-0.2, 0) is 0 Å². The summed E-state index contributed by atoms with van der Waals surface area (Å²) in [5.41, 5.74) is 2.13. The zero-order valence-electron chi connectivity index (χ0n) is 17.6. The Hall–Kier alpha value is -3.37. The van der Waals surface area contributed by atoms with Crippen molar-refractivity contribution in [3.63, 3.8) is 0 Å². The van der Waals surface area contributed by atoms with Gasteiger partial charge in [-0.2, -0.15) is 0 Å². The highest BCUT2D eigenvalue weighted by Gasteiger charge is 2.33. The minimum Gasteiger partial charge on any atom is -0.454 e. The molecule has 0 spiro atoms. The third-order valence-corrected chi connectivity index (χ3v) is 6.77. The molecule has 3 amide bonds. The third-order valence-electron chi connectivity index (χ3n) is 5.43. The first-order valence-corrected chi connectivity index (χ1v) is 11.6. The van der Waals surface area contributed by atoms with E-state index in [0.717, 1.165) is 18.4 Å². The fourth-order valence-electron chi connectivity index (χ4n) is 3.79. The van der Waals surface area contributed by atoms with Gasteiger partial charge in [-0.3, -0.25) is 4.79 Å². The second-order valence-corrected chi connectivity index (χ2v) is 9.15. The zero-order valence-corrected chi connectivity index (χ0v) is 19.2. The number of carbonyl (C=O) groups is 2. The zero-order chi connectivity index (χ0) is 22.9. The van der Waals surface area contributed by atoms with Crippen LogP contribution in [0.1, 0.15) is 39.3 Å². The minimum atomic E-state index is -0.377. The van der Waals surface area contributed by atoms with Crippen LogP contribution in [0.5, 0.6) is 11.5 Å². The van der Waals surface area contributed by atoms with E-state index in [0.29, 0.717) is 39.4 Å². The van der Waals surface area contributed by atoms with Crippen LogP contribution in [0.4, 0.5) is 16.2 Å². The maximum Gasteiger partial charge on any atom is 0.322 e. The summed E-state index contributed by atoms with van der Waals surface area (Å²) in [7, 11) is 0. The quantitative estimate of drug-likeness (QED) is 0.547. The van der Waals surface area contributed by atoms with Crippen molar-refractivity contribution in [3.05, 3.63) is 57.0 Å². The lowest BCUT2D eigenvalue weighted by Crippen LogP contribution is -2.34. The number of hydrogen-bond acceptors (Lipinski definition) is 7. The smallest absolute Gasteiger partial charge is 0.322 e. The van der Waals surface area contributed by atoms with Crippen molar-refractivity contribution in [1.82, 2.24) is 15.1 Å². The van der Waals surface area contributed by atoms with E-state index in [1.54, 1.807) is 35.2 Å². The summed E-state index contributed by atoms with van der Waals surface area (Å²) in [6, 6.07) is 10.1. The molecule has 170 valence electrons. The molecule has 33 heavy (non-hydrogen) atoms. The monoisotopic (exact) mass is 485 g/mol. The van der Waals surface area contributed by atoms with Crippen LogP contribution in [0, 0.1) is 6.92 Å². The minimum absolute atomic E-state index is 0.161. The number of nitrogens with zero attached hydrogens (tertiary/aromatic N) is 3. The Kier molecular flexibility index (Phi) is 5.77. The van der Waals surface area contributed by atoms with Gasteiger partial charge in [-0.15, -0.1) is 10.2 Å². The molecule has 2 aliphatic heterocycles. The number of hydrogen-bond donors (Lipinski definition) is 2. The van der Waals surface area contributed by atoms with Crippen molar-refractivity contribution < 1.29 is 19.1 Å². The number of likely N-dealkylation sites (tertiary alicyclic amines) is 1. The Bertz CT molecular complexity index is 1230. The standard InChI is InChI=1S/C22H20ClN5O4S/c1-12-4-6-15(14(23)9-12)25-22(30)28-8-2-3-16(28)20-26-27-21(33-20)19(29)24-13-5-7-17-18(10-13)32-11-31-17/h4-7,9-10,16H,2-3,8,11H2,1H3,(H,24,29)(H,25,30). The number of urea groups is 1. The number of anilines is 2. The van der Waals surface area contributed by atoms with E-state index in [2.05, 4.69) is 20.8 Å². The number of carbonyl (C=O) groups excluding carboxylic acids is 2. The Labute approximate surface area is 198 Å². The first-order valence-electron chi connectivity index (χ1n) is 10.4. The summed E-state index contributed by atoms with van der Waals surface area (Å²) >= 11 is 7.43. The Morgan fingerprint density at radius 3 is 2.82 bits per heavy atom. The number of benzene rings is 2. The maximum atomic E-state index is 12.9. The van der Waals surface area contributed by atoms with Crippen LogP contribution >= 0.6 is 22.9 Å². The molecule has 1 unspecified atom stereocenters. The van der Waals surface area contributed by atoms with Gasteiger partial charge in [-0.1, -0.05) is 29.0 Å². The third kappa shape index (κ3) is 4.44. The summed E-state index contributed by atoms with van der Waals surface area (Å²) in [6.45, 7) is 2.68. The fourth-order valence-corrected chi connectivity index (χ4v) is 4.96. The number of fused-ring (bicyclic) bond motifs is 1. The number of aromatic nitrogens is 2. The van der Waals surface area contributed by atoms with Crippen LogP contribution in [0.15, 0.2) is 36.4 Å². The van der Waals surface area contributed by atoms with Crippen molar-refractivity contribution in [3.8, 4) is 11.5 Å². The van der Waals surface area contributed by atoms with E-state index in [1.165, 1.54) is 11.3 Å². The maximum absolute atomic E-state index is 12.9. The van der Waals surface area contributed by atoms with E-state index in [9.17, 15) is 9.59 Å². The van der Waals surface area contributed by atoms with Gasteiger partial charge >= 0.3 is 6.03 Å². The van der Waals surface area contributed by atoms with Gasteiger partial charge in [0.15, 0.2) is 11.5 Å². The van der Waals surface area contributed by atoms with Gasteiger partial charge in [-0.25, -0.2) is 4.79 Å².